The molecule has 158 valence electrons. The minimum atomic E-state index is 0.122. The van der Waals surface area contributed by atoms with Crippen molar-refractivity contribution in [3.63, 3.8) is 0 Å². The van der Waals surface area contributed by atoms with Crippen LogP contribution in [0.25, 0.3) is 11.0 Å². The zero-order valence-electron chi connectivity index (χ0n) is 17.3. The van der Waals surface area contributed by atoms with Gasteiger partial charge in [0.15, 0.2) is 0 Å². The summed E-state index contributed by atoms with van der Waals surface area (Å²) in [5.74, 6) is 1.51. The highest BCUT2D eigenvalue weighted by atomic mass is 32.1. The fourth-order valence-corrected chi connectivity index (χ4v) is 4.64. The van der Waals surface area contributed by atoms with Gasteiger partial charge in [-0.25, -0.2) is 0 Å². The van der Waals surface area contributed by atoms with Gasteiger partial charge in [-0.05, 0) is 67.1 Å². The third-order valence-corrected chi connectivity index (χ3v) is 6.29. The third kappa shape index (κ3) is 5.55. The lowest BCUT2D eigenvalue weighted by Gasteiger charge is -2.32. The first-order valence-corrected chi connectivity index (χ1v) is 11.3. The van der Waals surface area contributed by atoms with Crippen LogP contribution in [-0.2, 0) is 17.9 Å². The number of benzene rings is 2. The fourth-order valence-electron chi connectivity index (χ4n) is 4.12. The summed E-state index contributed by atoms with van der Waals surface area (Å²) in [5.41, 5.74) is 4.30. The number of fused-ring (bicyclic) bond motifs is 1. The summed E-state index contributed by atoms with van der Waals surface area (Å²) in [6, 6.07) is 14.2. The van der Waals surface area contributed by atoms with Gasteiger partial charge in [-0.1, -0.05) is 18.2 Å². The van der Waals surface area contributed by atoms with E-state index < -0.39 is 0 Å². The van der Waals surface area contributed by atoms with Crippen LogP contribution in [0.1, 0.15) is 36.8 Å². The Kier molecular flexibility index (Phi) is 6.92. The number of nitrogens with zero attached hydrogens (tertiary/aromatic N) is 3. The molecule has 0 bridgehead atoms. The fraction of sp³-hybridized carbons (Fsp3) is 0.435. The number of methoxy groups -OCH3 is 1. The Balaban J connectivity index is 1.22. The molecule has 4 rings (SSSR count). The molecule has 2 heterocycles. The van der Waals surface area contributed by atoms with Crippen molar-refractivity contribution in [1.29, 1.82) is 0 Å². The minimum absolute atomic E-state index is 0.122. The zero-order chi connectivity index (χ0) is 20.8. The quantitative estimate of drug-likeness (QED) is 0.592. The Morgan fingerprint density at radius 2 is 2.10 bits per heavy atom. The topological polar surface area (TPSA) is 67.3 Å². The van der Waals surface area contributed by atoms with Crippen LogP contribution >= 0.6 is 11.7 Å². The highest BCUT2D eigenvalue weighted by Gasteiger charge is 2.21. The molecule has 1 amide bonds. The molecule has 0 unspecified atom stereocenters. The number of ether oxygens (including phenoxy) is 1. The SMILES string of the molecule is COc1cccc(CNC(=O)CC[C@H]2CCCN(Cc3ccc4nsnc4c3)C2)c1. The van der Waals surface area contributed by atoms with Crippen molar-refractivity contribution in [2.24, 2.45) is 5.92 Å². The molecule has 0 aliphatic carbocycles. The smallest absolute Gasteiger partial charge is 0.220 e. The molecule has 3 aromatic rings. The summed E-state index contributed by atoms with van der Waals surface area (Å²) < 4.78 is 13.9. The second kappa shape index (κ2) is 10.00. The second-order valence-electron chi connectivity index (χ2n) is 8.00. The molecule has 0 saturated carbocycles. The number of aromatic nitrogens is 2. The molecular weight excluding hydrogens is 396 g/mol. The van der Waals surface area contributed by atoms with E-state index in [0.29, 0.717) is 18.9 Å². The van der Waals surface area contributed by atoms with Crippen molar-refractivity contribution in [3.05, 3.63) is 53.6 Å². The van der Waals surface area contributed by atoms with Crippen molar-refractivity contribution in [3.8, 4) is 5.75 Å². The molecule has 1 saturated heterocycles. The van der Waals surface area contributed by atoms with E-state index in [1.54, 1.807) is 7.11 Å². The van der Waals surface area contributed by atoms with Crippen LogP contribution in [0.4, 0.5) is 0 Å². The van der Waals surface area contributed by atoms with Gasteiger partial charge in [0, 0.05) is 26.1 Å². The van der Waals surface area contributed by atoms with E-state index in [1.165, 1.54) is 30.1 Å². The first-order chi connectivity index (χ1) is 14.7. The van der Waals surface area contributed by atoms with Crippen molar-refractivity contribution in [2.45, 2.75) is 38.8 Å². The molecule has 1 aliphatic heterocycles. The van der Waals surface area contributed by atoms with Gasteiger partial charge in [0.2, 0.25) is 5.91 Å². The van der Waals surface area contributed by atoms with Crippen LogP contribution in [0.5, 0.6) is 5.75 Å². The Labute approximate surface area is 181 Å². The summed E-state index contributed by atoms with van der Waals surface area (Å²) >= 11 is 1.26. The molecular formula is C23H28N4O2S. The maximum atomic E-state index is 12.3. The molecule has 6 nitrogen and oxygen atoms in total. The third-order valence-electron chi connectivity index (χ3n) is 5.73. The van der Waals surface area contributed by atoms with Gasteiger partial charge in [0.1, 0.15) is 16.8 Å². The maximum absolute atomic E-state index is 12.3. The zero-order valence-corrected chi connectivity index (χ0v) is 18.2. The number of likely N-dealkylation sites (tertiary alicyclic amines) is 1. The number of hydrogen-bond donors (Lipinski definition) is 1. The molecule has 1 atom stereocenters. The van der Waals surface area contributed by atoms with E-state index >= 15 is 0 Å². The summed E-state index contributed by atoms with van der Waals surface area (Å²) in [6.45, 7) is 3.65. The first kappa shape index (κ1) is 20.8. The van der Waals surface area contributed by atoms with Crippen molar-refractivity contribution in [1.82, 2.24) is 19.0 Å². The van der Waals surface area contributed by atoms with Gasteiger partial charge in [-0.3, -0.25) is 9.69 Å². The van der Waals surface area contributed by atoms with Gasteiger partial charge in [-0.2, -0.15) is 8.75 Å². The highest BCUT2D eigenvalue weighted by Crippen LogP contribution is 2.23. The van der Waals surface area contributed by atoms with E-state index in [-0.39, 0.29) is 5.91 Å². The maximum Gasteiger partial charge on any atom is 0.220 e. The molecule has 1 fully saturated rings. The largest absolute Gasteiger partial charge is 0.497 e. The molecule has 2 aromatic carbocycles. The lowest BCUT2D eigenvalue weighted by molar-refractivity contribution is -0.121. The Hall–Kier alpha value is -2.51. The number of hydrogen-bond acceptors (Lipinski definition) is 6. The standard InChI is InChI=1S/C23H28N4O2S/c1-29-20-6-2-4-18(12-20)14-24-23(28)10-8-17-5-3-11-27(15-17)16-19-7-9-21-22(13-19)26-30-25-21/h2,4,6-7,9,12-13,17H,3,5,8,10-11,14-16H2,1H3,(H,24,28)/t17-/m1/s1. The summed E-state index contributed by atoms with van der Waals surface area (Å²) in [6.07, 6.45) is 3.92. The lowest BCUT2D eigenvalue weighted by atomic mass is 9.93. The van der Waals surface area contributed by atoms with Gasteiger partial charge in [0.05, 0.1) is 18.8 Å². The number of piperidine rings is 1. The Bertz CT molecular complexity index is 990. The van der Waals surface area contributed by atoms with Crippen LogP contribution in [0, 0.1) is 5.92 Å². The van der Waals surface area contributed by atoms with E-state index in [9.17, 15) is 4.79 Å². The average Bonchev–Trinajstić information content (AvgIpc) is 3.24. The van der Waals surface area contributed by atoms with E-state index in [1.807, 2.05) is 24.3 Å². The number of amides is 1. The number of carbonyl (C=O) groups excluding carboxylic acids is 1. The number of nitrogens with one attached hydrogen (secondary N) is 1. The van der Waals surface area contributed by atoms with Crippen molar-refractivity contribution in [2.75, 3.05) is 20.2 Å². The van der Waals surface area contributed by atoms with E-state index in [2.05, 4.69) is 37.2 Å². The number of carbonyl (C=O) groups is 1. The lowest BCUT2D eigenvalue weighted by Crippen LogP contribution is -2.35. The van der Waals surface area contributed by atoms with Crippen LogP contribution in [0.2, 0.25) is 0 Å². The molecule has 0 radical (unpaired) electrons. The van der Waals surface area contributed by atoms with Crippen LogP contribution < -0.4 is 10.1 Å². The molecule has 7 heteroatoms. The van der Waals surface area contributed by atoms with Crippen molar-refractivity contribution >= 4 is 28.7 Å². The monoisotopic (exact) mass is 424 g/mol. The van der Waals surface area contributed by atoms with E-state index in [4.69, 9.17) is 4.74 Å². The van der Waals surface area contributed by atoms with Crippen LogP contribution in [0.3, 0.4) is 0 Å². The minimum Gasteiger partial charge on any atom is -0.497 e. The summed E-state index contributed by atoms with van der Waals surface area (Å²) in [4.78, 5) is 14.8. The molecule has 30 heavy (non-hydrogen) atoms. The van der Waals surface area contributed by atoms with Gasteiger partial charge < -0.3 is 10.1 Å². The highest BCUT2D eigenvalue weighted by molar-refractivity contribution is 7.00. The average molecular weight is 425 g/mol. The molecule has 1 aliphatic rings. The second-order valence-corrected chi connectivity index (χ2v) is 8.53. The van der Waals surface area contributed by atoms with E-state index in [0.717, 1.165) is 48.4 Å². The summed E-state index contributed by atoms with van der Waals surface area (Å²) in [5, 5.41) is 3.04. The normalized spacial score (nSPS) is 17.2. The predicted molar refractivity (Wildman–Crippen MR) is 119 cm³/mol. The van der Waals surface area contributed by atoms with Crippen LogP contribution in [0.15, 0.2) is 42.5 Å². The van der Waals surface area contributed by atoms with Crippen molar-refractivity contribution < 1.29 is 9.53 Å². The summed E-state index contributed by atoms with van der Waals surface area (Å²) in [7, 11) is 1.65. The van der Waals surface area contributed by atoms with Crippen LogP contribution in [-0.4, -0.2) is 39.8 Å². The predicted octanol–water partition coefficient (Wildman–Crippen LogP) is 4.01. The molecule has 1 aromatic heterocycles. The molecule has 0 spiro atoms. The Morgan fingerprint density at radius 3 is 3.00 bits per heavy atom. The van der Waals surface area contributed by atoms with Gasteiger partial charge in [-0.15, -0.1) is 0 Å². The van der Waals surface area contributed by atoms with Gasteiger partial charge >= 0.3 is 0 Å². The van der Waals surface area contributed by atoms with Gasteiger partial charge in [0.25, 0.3) is 0 Å². The molecule has 1 N–H and O–H groups in total. The Morgan fingerprint density at radius 1 is 1.20 bits per heavy atom. The first-order valence-electron chi connectivity index (χ1n) is 10.5. The number of rotatable bonds is 8.